The van der Waals surface area contributed by atoms with E-state index in [9.17, 15) is 24.6 Å². The van der Waals surface area contributed by atoms with Crippen LogP contribution >= 0.6 is 0 Å². The van der Waals surface area contributed by atoms with E-state index in [1.807, 2.05) is 0 Å². The first kappa shape index (κ1) is 21.6. The van der Waals surface area contributed by atoms with Gasteiger partial charge in [-0.3, -0.25) is 9.59 Å². The predicted octanol–water partition coefficient (Wildman–Crippen LogP) is 0.672. The third kappa shape index (κ3) is 5.88. The van der Waals surface area contributed by atoms with Crippen LogP contribution in [-0.4, -0.2) is 57.5 Å². The summed E-state index contributed by atoms with van der Waals surface area (Å²) in [6.45, 7) is 0.218. The first-order chi connectivity index (χ1) is 12.8. The molecule has 0 saturated carbocycles. The zero-order valence-electron chi connectivity index (χ0n) is 15.4. The standard InChI is InChI=1S/C18H28O9/c19-10-8-6-4-2-1-3-5-7-9-13-18(24)26-15(21)12-17(23,16(22)27-18)11-14(20)25-13/h13,19,23-24H,1-12H2. The molecule has 9 heteroatoms. The Bertz CT molecular complexity index is 549. The van der Waals surface area contributed by atoms with E-state index in [0.29, 0.717) is 6.42 Å². The van der Waals surface area contributed by atoms with Crippen LogP contribution in [0.1, 0.15) is 70.6 Å². The Balaban J connectivity index is 1.86. The summed E-state index contributed by atoms with van der Waals surface area (Å²) < 4.78 is 14.7. The molecule has 0 aliphatic carbocycles. The van der Waals surface area contributed by atoms with Gasteiger partial charge in [0, 0.05) is 6.61 Å². The van der Waals surface area contributed by atoms with Gasteiger partial charge in [-0.05, 0) is 19.3 Å². The van der Waals surface area contributed by atoms with Crippen molar-refractivity contribution in [2.45, 2.75) is 88.3 Å². The molecule has 27 heavy (non-hydrogen) atoms. The average Bonchev–Trinajstić information content (AvgIpc) is 2.63. The second kappa shape index (κ2) is 9.48. The van der Waals surface area contributed by atoms with Crippen LogP contribution in [0.2, 0.25) is 0 Å². The lowest BCUT2D eigenvalue weighted by Crippen LogP contribution is -2.55. The highest BCUT2D eigenvalue weighted by molar-refractivity contribution is 5.91. The summed E-state index contributed by atoms with van der Waals surface area (Å²) >= 11 is 0. The van der Waals surface area contributed by atoms with Gasteiger partial charge < -0.3 is 29.5 Å². The molecule has 0 amide bonds. The highest BCUT2D eigenvalue weighted by Gasteiger charge is 2.58. The van der Waals surface area contributed by atoms with E-state index >= 15 is 0 Å². The summed E-state index contributed by atoms with van der Waals surface area (Å²) in [6.07, 6.45) is 4.57. The number of ether oxygens (including phenoxy) is 3. The van der Waals surface area contributed by atoms with Gasteiger partial charge in [0.15, 0.2) is 5.60 Å². The quantitative estimate of drug-likeness (QED) is 0.364. The van der Waals surface area contributed by atoms with Crippen LogP contribution in [0.5, 0.6) is 0 Å². The highest BCUT2D eigenvalue weighted by atomic mass is 16.9. The number of esters is 3. The molecule has 2 fully saturated rings. The number of carbonyl (C=O) groups is 3. The Morgan fingerprint density at radius 3 is 2.00 bits per heavy atom. The van der Waals surface area contributed by atoms with Gasteiger partial charge in [-0.25, -0.2) is 4.79 Å². The SMILES string of the molecule is O=C1CC2(O)CC(=O)OC(O)(OC2=O)C(CCCCCCCCCCO)O1. The third-order valence-corrected chi connectivity index (χ3v) is 4.81. The molecule has 154 valence electrons. The van der Waals surface area contributed by atoms with Gasteiger partial charge in [0.2, 0.25) is 6.10 Å². The topological polar surface area (TPSA) is 140 Å². The van der Waals surface area contributed by atoms with Gasteiger partial charge in [0.25, 0.3) is 0 Å². The van der Waals surface area contributed by atoms with E-state index in [-0.39, 0.29) is 13.0 Å². The van der Waals surface area contributed by atoms with Crippen LogP contribution in [0.4, 0.5) is 0 Å². The average molecular weight is 388 g/mol. The fourth-order valence-electron chi connectivity index (χ4n) is 3.28. The molecule has 2 aliphatic heterocycles. The first-order valence-electron chi connectivity index (χ1n) is 9.49. The van der Waals surface area contributed by atoms with E-state index in [2.05, 4.69) is 0 Å². The number of cyclic esters (lactones) is 1. The number of unbranched alkanes of at least 4 members (excludes halogenated alkanes) is 7. The molecule has 0 aromatic heterocycles. The van der Waals surface area contributed by atoms with Crippen LogP contribution in [0.15, 0.2) is 0 Å². The summed E-state index contributed by atoms with van der Waals surface area (Å²) in [6, 6.07) is 0. The van der Waals surface area contributed by atoms with Crippen LogP contribution in [-0.2, 0) is 28.6 Å². The van der Waals surface area contributed by atoms with E-state index in [0.717, 1.165) is 44.9 Å². The van der Waals surface area contributed by atoms with Crippen LogP contribution in [0.25, 0.3) is 0 Å². The zero-order valence-corrected chi connectivity index (χ0v) is 15.4. The molecule has 3 unspecified atom stereocenters. The molecule has 3 atom stereocenters. The predicted molar refractivity (Wildman–Crippen MR) is 89.8 cm³/mol. The number of aliphatic hydroxyl groups excluding tert-OH is 1. The van der Waals surface area contributed by atoms with E-state index in [1.165, 1.54) is 0 Å². The maximum atomic E-state index is 12.0. The summed E-state index contributed by atoms with van der Waals surface area (Å²) in [7, 11) is 0. The van der Waals surface area contributed by atoms with Gasteiger partial charge in [-0.1, -0.05) is 38.5 Å². The van der Waals surface area contributed by atoms with Crippen molar-refractivity contribution in [3.63, 3.8) is 0 Å². The Kier molecular flexibility index (Phi) is 7.58. The Labute approximate surface area is 157 Å². The van der Waals surface area contributed by atoms with E-state index < -0.39 is 48.4 Å². The minimum absolute atomic E-state index is 0.145. The van der Waals surface area contributed by atoms with Crippen molar-refractivity contribution in [1.29, 1.82) is 0 Å². The summed E-state index contributed by atoms with van der Waals surface area (Å²) in [5.41, 5.74) is -2.39. The summed E-state index contributed by atoms with van der Waals surface area (Å²) in [5, 5.41) is 29.3. The van der Waals surface area contributed by atoms with E-state index in [1.54, 1.807) is 0 Å². The van der Waals surface area contributed by atoms with Crippen LogP contribution in [0, 0.1) is 0 Å². The molecule has 0 aromatic rings. The van der Waals surface area contributed by atoms with Crippen molar-refractivity contribution >= 4 is 17.9 Å². The lowest BCUT2D eigenvalue weighted by molar-refractivity contribution is -0.363. The highest BCUT2D eigenvalue weighted by Crippen LogP contribution is 2.35. The molecule has 2 aliphatic rings. The molecule has 0 aromatic carbocycles. The summed E-state index contributed by atoms with van der Waals surface area (Å²) in [4.78, 5) is 35.8. The lowest BCUT2D eigenvalue weighted by atomic mass is 9.95. The fraction of sp³-hybridized carbons (Fsp3) is 0.833. The summed E-state index contributed by atoms with van der Waals surface area (Å²) in [5.74, 6) is -5.95. The van der Waals surface area contributed by atoms with Crippen molar-refractivity contribution in [3.05, 3.63) is 0 Å². The number of fused-ring (bicyclic) bond motifs is 3. The maximum Gasteiger partial charge on any atom is 0.413 e. The van der Waals surface area contributed by atoms with Gasteiger partial charge in [-0.2, -0.15) is 0 Å². The van der Waals surface area contributed by atoms with Crippen LogP contribution in [0.3, 0.4) is 0 Å². The van der Waals surface area contributed by atoms with Crippen LogP contribution < -0.4 is 0 Å². The molecule has 2 rings (SSSR count). The monoisotopic (exact) mass is 388 g/mol. The number of carbonyl (C=O) groups excluding carboxylic acids is 3. The minimum atomic E-state index is -2.72. The van der Waals surface area contributed by atoms with Gasteiger partial charge in [0.1, 0.15) is 0 Å². The normalized spacial score (nSPS) is 30.8. The van der Waals surface area contributed by atoms with Crippen molar-refractivity contribution in [2.24, 2.45) is 0 Å². The van der Waals surface area contributed by atoms with Gasteiger partial charge in [0.05, 0.1) is 12.8 Å². The van der Waals surface area contributed by atoms with Gasteiger partial charge in [-0.15, -0.1) is 0 Å². The lowest BCUT2D eigenvalue weighted by Gasteiger charge is -2.34. The molecular formula is C18H28O9. The Morgan fingerprint density at radius 1 is 0.815 bits per heavy atom. The minimum Gasteiger partial charge on any atom is -0.451 e. The van der Waals surface area contributed by atoms with Crippen molar-refractivity contribution < 1.29 is 43.9 Å². The molecular weight excluding hydrogens is 360 g/mol. The van der Waals surface area contributed by atoms with Crippen molar-refractivity contribution in [1.82, 2.24) is 0 Å². The molecule has 0 spiro atoms. The molecule has 9 nitrogen and oxygen atoms in total. The number of rotatable bonds is 10. The van der Waals surface area contributed by atoms with Crippen molar-refractivity contribution in [2.75, 3.05) is 6.61 Å². The van der Waals surface area contributed by atoms with Gasteiger partial charge >= 0.3 is 23.9 Å². The number of hydrogen-bond donors (Lipinski definition) is 3. The second-order valence-electron chi connectivity index (χ2n) is 7.20. The molecule has 2 saturated heterocycles. The number of aliphatic hydroxyl groups is 3. The largest absolute Gasteiger partial charge is 0.451 e. The first-order valence-corrected chi connectivity index (χ1v) is 9.49. The molecule has 0 radical (unpaired) electrons. The Hall–Kier alpha value is -1.71. The second-order valence-corrected chi connectivity index (χ2v) is 7.20. The third-order valence-electron chi connectivity index (χ3n) is 4.81. The zero-order chi connectivity index (χ0) is 19.9. The Morgan fingerprint density at radius 2 is 1.37 bits per heavy atom. The molecule has 2 bridgehead atoms. The molecule has 3 N–H and O–H groups in total. The number of hydrogen-bond acceptors (Lipinski definition) is 9. The van der Waals surface area contributed by atoms with E-state index in [4.69, 9.17) is 19.3 Å². The fourth-order valence-corrected chi connectivity index (χ4v) is 3.28. The molecule has 2 heterocycles. The smallest absolute Gasteiger partial charge is 0.413 e. The van der Waals surface area contributed by atoms with Crippen molar-refractivity contribution in [3.8, 4) is 0 Å². The maximum absolute atomic E-state index is 12.0.